The molecule has 1 saturated heterocycles. The molecule has 0 radical (unpaired) electrons. The molecule has 0 saturated carbocycles. The maximum atomic E-state index is 12.7. The zero-order chi connectivity index (χ0) is 26.4. The average Bonchev–Trinajstić information content (AvgIpc) is 3.60. The summed E-state index contributed by atoms with van der Waals surface area (Å²) in [7, 11) is 0. The molecule has 2 N–H and O–H groups in total. The van der Waals surface area contributed by atoms with Crippen LogP contribution < -0.4 is 5.73 Å². The van der Waals surface area contributed by atoms with Crippen LogP contribution in [-0.2, 0) is 11.3 Å². The lowest BCUT2D eigenvalue weighted by atomic mass is 10.0. The minimum atomic E-state index is -0.529. The van der Waals surface area contributed by atoms with Crippen molar-refractivity contribution in [2.24, 2.45) is 0 Å². The van der Waals surface area contributed by atoms with Crippen molar-refractivity contribution in [3.63, 3.8) is 0 Å². The number of nitrogen functional groups attached to an aromatic ring is 1. The molecule has 0 aliphatic carbocycles. The first-order chi connectivity index (χ1) is 18.2. The Balaban J connectivity index is 1.34. The number of hydrogen-bond acceptors (Lipinski definition) is 6. The minimum absolute atomic E-state index is 0.104. The first-order valence-electron chi connectivity index (χ1n) is 12.9. The lowest BCUT2D eigenvalue weighted by Gasteiger charge is -2.24. The summed E-state index contributed by atoms with van der Waals surface area (Å²) < 4.78 is 9.43. The largest absolute Gasteiger partial charge is 0.444 e. The van der Waals surface area contributed by atoms with Crippen LogP contribution >= 0.6 is 0 Å². The summed E-state index contributed by atoms with van der Waals surface area (Å²) in [6.07, 6.45) is 4.07. The van der Waals surface area contributed by atoms with Crippen LogP contribution in [0.5, 0.6) is 0 Å². The van der Waals surface area contributed by atoms with Crippen LogP contribution in [0, 0.1) is 0 Å². The quantitative estimate of drug-likeness (QED) is 0.361. The molecule has 5 aromatic rings. The molecule has 4 heterocycles. The second-order valence-corrected chi connectivity index (χ2v) is 10.9. The molecule has 2 aromatic carbocycles. The van der Waals surface area contributed by atoms with Gasteiger partial charge in [0.1, 0.15) is 17.4 Å². The number of rotatable bonds is 4. The van der Waals surface area contributed by atoms with Gasteiger partial charge in [-0.25, -0.2) is 14.3 Å². The number of fused-ring (bicyclic) bond motifs is 2. The summed E-state index contributed by atoms with van der Waals surface area (Å²) in [6, 6.07) is 18.7. The van der Waals surface area contributed by atoms with Gasteiger partial charge in [0.25, 0.3) is 0 Å². The Morgan fingerprint density at radius 2 is 1.95 bits per heavy atom. The molecular formula is C29H31N7O2. The number of carbonyl (C=O) groups is 1. The summed E-state index contributed by atoms with van der Waals surface area (Å²) >= 11 is 0. The van der Waals surface area contributed by atoms with Gasteiger partial charge in [-0.3, -0.25) is 4.68 Å². The van der Waals surface area contributed by atoms with E-state index in [1.807, 2.05) is 48.2 Å². The molecule has 1 atom stereocenters. The predicted octanol–water partition coefficient (Wildman–Crippen LogP) is 5.10. The molecule has 194 valence electrons. The molecule has 0 spiro atoms. The highest BCUT2D eigenvalue weighted by atomic mass is 16.6. The van der Waals surface area contributed by atoms with Crippen molar-refractivity contribution in [3.8, 4) is 11.1 Å². The third kappa shape index (κ3) is 4.55. The summed E-state index contributed by atoms with van der Waals surface area (Å²) in [5.41, 5.74) is 11.7. The van der Waals surface area contributed by atoms with Crippen molar-refractivity contribution in [1.82, 2.24) is 29.3 Å². The maximum Gasteiger partial charge on any atom is 0.410 e. The molecule has 1 aliphatic heterocycles. The highest BCUT2D eigenvalue weighted by Crippen LogP contribution is 2.37. The Labute approximate surface area is 220 Å². The number of nitrogens with two attached hydrogens (primary N) is 1. The fourth-order valence-electron chi connectivity index (χ4n) is 5.18. The number of anilines is 1. The summed E-state index contributed by atoms with van der Waals surface area (Å²) in [6.45, 7) is 7.55. The zero-order valence-corrected chi connectivity index (χ0v) is 21.8. The number of likely N-dealkylation sites (tertiary alicyclic amines) is 1. The van der Waals surface area contributed by atoms with Crippen LogP contribution in [-0.4, -0.2) is 54.1 Å². The Hall–Kier alpha value is -4.40. The van der Waals surface area contributed by atoms with Gasteiger partial charge < -0.3 is 15.4 Å². The third-order valence-corrected chi connectivity index (χ3v) is 6.92. The Morgan fingerprint density at radius 3 is 2.74 bits per heavy atom. The van der Waals surface area contributed by atoms with Gasteiger partial charge in [0.05, 0.1) is 12.1 Å². The van der Waals surface area contributed by atoms with E-state index in [1.165, 1.54) is 11.9 Å². The fraction of sp³-hybridized carbons (Fsp3) is 0.310. The first-order valence-corrected chi connectivity index (χ1v) is 12.9. The SMILES string of the molecule is CC(C)(C)OC(=O)N1CCC(c2cc(-c3ccc4cn(Cc5ccccc5)nc4c3)c3c(N)ncnn23)C1. The number of ether oxygens (including phenoxy) is 1. The Bertz CT molecular complexity index is 1630. The van der Waals surface area contributed by atoms with Gasteiger partial charge in [0.15, 0.2) is 5.82 Å². The van der Waals surface area contributed by atoms with Crippen LogP contribution in [0.15, 0.2) is 67.1 Å². The van der Waals surface area contributed by atoms with Crippen molar-refractivity contribution < 1.29 is 9.53 Å². The predicted molar refractivity (Wildman–Crippen MR) is 147 cm³/mol. The molecule has 3 aromatic heterocycles. The highest BCUT2D eigenvalue weighted by Gasteiger charge is 2.33. The number of hydrogen-bond donors (Lipinski definition) is 1. The number of benzene rings is 2. The average molecular weight is 510 g/mol. The molecule has 38 heavy (non-hydrogen) atoms. The van der Waals surface area contributed by atoms with Gasteiger partial charge in [-0.05, 0) is 50.5 Å². The number of nitrogens with zero attached hydrogens (tertiary/aromatic N) is 6. The molecule has 9 heteroatoms. The van der Waals surface area contributed by atoms with Crippen molar-refractivity contribution in [2.45, 2.75) is 45.3 Å². The van der Waals surface area contributed by atoms with Crippen LogP contribution in [0.25, 0.3) is 27.5 Å². The minimum Gasteiger partial charge on any atom is -0.444 e. The topological polar surface area (TPSA) is 104 Å². The number of amides is 1. The molecule has 1 amide bonds. The molecule has 1 aliphatic rings. The molecule has 1 unspecified atom stereocenters. The van der Waals surface area contributed by atoms with Crippen molar-refractivity contribution in [3.05, 3.63) is 78.4 Å². The van der Waals surface area contributed by atoms with Crippen molar-refractivity contribution >= 4 is 28.3 Å². The lowest BCUT2D eigenvalue weighted by Crippen LogP contribution is -2.35. The smallest absolute Gasteiger partial charge is 0.410 e. The van der Waals surface area contributed by atoms with E-state index in [0.29, 0.717) is 25.5 Å². The Morgan fingerprint density at radius 1 is 1.13 bits per heavy atom. The monoisotopic (exact) mass is 509 g/mol. The summed E-state index contributed by atoms with van der Waals surface area (Å²) in [5, 5.41) is 10.4. The lowest BCUT2D eigenvalue weighted by molar-refractivity contribution is 0.0292. The summed E-state index contributed by atoms with van der Waals surface area (Å²) in [4.78, 5) is 18.7. The van der Waals surface area contributed by atoms with E-state index in [9.17, 15) is 4.79 Å². The van der Waals surface area contributed by atoms with Crippen LogP contribution in [0.2, 0.25) is 0 Å². The van der Waals surface area contributed by atoms with E-state index in [-0.39, 0.29) is 12.0 Å². The van der Waals surface area contributed by atoms with Crippen LogP contribution in [0.3, 0.4) is 0 Å². The highest BCUT2D eigenvalue weighted by molar-refractivity contribution is 5.92. The molecular weight excluding hydrogens is 478 g/mol. The second-order valence-electron chi connectivity index (χ2n) is 10.9. The fourth-order valence-corrected chi connectivity index (χ4v) is 5.18. The maximum absolute atomic E-state index is 12.7. The van der Waals surface area contributed by atoms with Gasteiger partial charge in [-0.15, -0.1) is 0 Å². The molecule has 0 bridgehead atoms. The van der Waals surface area contributed by atoms with Crippen molar-refractivity contribution in [2.75, 3.05) is 18.8 Å². The van der Waals surface area contributed by atoms with Gasteiger partial charge in [0, 0.05) is 41.8 Å². The third-order valence-electron chi connectivity index (χ3n) is 6.92. The summed E-state index contributed by atoms with van der Waals surface area (Å²) in [5.74, 6) is 0.518. The molecule has 6 rings (SSSR count). The van der Waals surface area contributed by atoms with E-state index < -0.39 is 5.60 Å². The van der Waals surface area contributed by atoms with Crippen molar-refractivity contribution in [1.29, 1.82) is 0 Å². The number of carbonyl (C=O) groups excluding carboxylic acids is 1. The van der Waals surface area contributed by atoms with Gasteiger partial charge >= 0.3 is 6.09 Å². The molecule has 1 fully saturated rings. The normalized spacial score (nSPS) is 16.0. The Kier molecular flexibility index (Phi) is 5.78. The van der Waals surface area contributed by atoms with Crippen LogP contribution in [0.4, 0.5) is 10.6 Å². The zero-order valence-electron chi connectivity index (χ0n) is 21.8. The number of aromatic nitrogens is 5. The van der Waals surface area contributed by atoms with Gasteiger partial charge in [0.2, 0.25) is 0 Å². The standard InChI is InChI=1S/C29H31N7O2/c1-29(2,3)38-28(37)34-12-11-22(16-34)25-14-23(26-27(30)31-18-32-36(25)26)20-9-10-21-17-35(33-24(21)13-20)15-19-7-5-4-6-8-19/h4-10,13-14,17-18,22H,11-12,15-16H2,1-3H3,(H2,30,31,32). The molecule has 9 nitrogen and oxygen atoms in total. The van der Waals surface area contributed by atoms with E-state index in [4.69, 9.17) is 15.6 Å². The van der Waals surface area contributed by atoms with Crippen LogP contribution in [0.1, 0.15) is 44.4 Å². The van der Waals surface area contributed by atoms with E-state index in [2.05, 4.69) is 52.7 Å². The van der Waals surface area contributed by atoms with E-state index in [1.54, 1.807) is 4.90 Å². The second kappa shape index (κ2) is 9.16. The van der Waals surface area contributed by atoms with Gasteiger partial charge in [-0.2, -0.15) is 10.2 Å². The first kappa shape index (κ1) is 24.0. The van der Waals surface area contributed by atoms with Gasteiger partial charge in [-0.1, -0.05) is 42.5 Å². The van der Waals surface area contributed by atoms with E-state index >= 15 is 0 Å². The van der Waals surface area contributed by atoms with E-state index in [0.717, 1.165) is 39.7 Å².